The molecule has 174 valence electrons. The fourth-order valence-corrected chi connectivity index (χ4v) is 4.42. The van der Waals surface area contributed by atoms with Gasteiger partial charge in [-0.1, -0.05) is 0 Å². The smallest absolute Gasteiger partial charge is 0.283 e. The number of pyridine rings is 2. The lowest BCUT2D eigenvalue weighted by Gasteiger charge is -2.39. The Kier molecular flexibility index (Phi) is 4.68. The minimum atomic E-state index is -2.93. The van der Waals surface area contributed by atoms with Gasteiger partial charge in [-0.2, -0.15) is 20.0 Å². The van der Waals surface area contributed by atoms with E-state index in [0.717, 1.165) is 10.9 Å². The number of β-amino-alcohol motifs (C(OH)–C–C–N with tert-alkyl or cyclic N) is 1. The Balaban J connectivity index is 1.64. The van der Waals surface area contributed by atoms with Crippen molar-refractivity contribution in [1.82, 2.24) is 34.3 Å². The lowest BCUT2D eigenvalue weighted by atomic mass is 9.99. The van der Waals surface area contributed by atoms with Crippen LogP contribution in [-0.4, -0.2) is 58.6 Å². The van der Waals surface area contributed by atoms with Gasteiger partial charge in [0.15, 0.2) is 17.1 Å². The molecule has 35 heavy (non-hydrogen) atoms. The number of alkyl halides is 2. The first-order chi connectivity index (χ1) is 17.0. The fraction of sp³-hybridized carbons (Fsp3) is 0.217. The first kappa shape index (κ1) is 21.1. The van der Waals surface area contributed by atoms with Crippen LogP contribution in [-0.2, 0) is 0 Å². The van der Waals surface area contributed by atoms with Crippen molar-refractivity contribution in [3.8, 4) is 23.0 Å². The molecule has 12 heteroatoms. The van der Waals surface area contributed by atoms with Crippen LogP contribution in [0.3, 0.4) is 0 Å². The van der Waals surface area contributed by atoms with Crippen molar-refractivity contribution in [3.05, 3.63) is 59.8 Å². The number of nitriles is 1. The molecule has 0 unspecified atom stereocenters. The van der Waals surface area contributed by atoms with Crippen LogP contribution < -0.4 is 4.90 Å². The third kappa shape index (κ3) is 3.20. The van der Waals surface area contributed by atoms with Crippen molar-refractivity contribution >= 4 is 22.5 Å². The standard InChI is InChI=1S/C23H17F2N9O/c1-12-18(14-5-7-27-21-15(14)3-4-17(30-21)33-8-2-6-28-33)23(32-10-13(35)11-32)34-22(29-12)16(9-26)19(31-34)20(24)25/h2-8,13,20,35H,10-11H2,1H3. The van der Waals surface area contributed by atoms with E-state index in [4.69, 9.17) is 0 Å². The first-order valence-electron chi connectivity index (χ1n) is 10.8. The second kappa shape index (κ2) is 7.78. The summed E-state index contributed by atoms with van der Waals surface area (Å²) in [6.45, 7) is 2.34. The van der Waals surface area contributed by atoms with E-state index in [-0.39, 0.29) is 11.2 Å². The van der Waals surface area contributed by atoms with Gasteiger partial charge in [-0.3, -0.25) is 0 Å². The van der Waals surface area contributed by atoms with Crippen molar-refractivity contribution in [1.29, 1.82) is 5.26 Å². The zero-order chi connectivity index (χ0) is 24.3. The van der Waals surface area contributed by atoms with Gasteiger partial charge in [-0.05, 0) is 36.8 Å². The normalized spacial score (nSPS) is 14.1. The summed E-state index contributed by atoms with van der Waals surface area (Å²) < 4.78 is 30.3. The number of aryl methyl sites for hydroxylation is 1. The van der Waals surface area contributed by atoms with Gasteiger partial charge in [0.05, 0.1) is 11.8 Å². The van der Waals surface area contributed by atoms with Crippen molar-refractivity contribution in [2.24, 2.45) is 0 Å². The maximum Gasteiger partial charge on any atom is 0.283 e. The summed E-state index contributed by atoms with van der Waals surface area (Å²) in [5.41, 5.74) is 1.53. The zero-order valence-corrected chi connectivity index (χ0v) is 18.3. The minimum Gasteiger partial charge on any atom is -0.389 e. The SMILES string of the molecule is Cc1nc2c(C#N)c(C(F)F)nn2c(N2CC(O)C2)c1-c1ccnc2nc(-n3cccn3)ccc12. The lowest BCUT2D eigenvalue weighted by molar-refractivity contribution is 0.140. The van der Waals surface area contributed by atoms with Gasteiger partial charge in [0.1, 0.15) is 23.1 Å². The maximum absolute atomic E-state index is 13.7. The van der Waals surface area contributed by atoms with Crippen LogP contribution in [0.5, 0.6) is 0 Å². The van der Waals surface area contributed by atoms with Crippen LogP contribution >= 0.6 is 0 Å². The van der Waals surface area contributed by atoms with Crippen LogP contribution in [0.25, 0.3) is 33.6 Å². The molecular formula is C23H17F2N9O. The molecule has 10 nitrogen and oxygen atoms in total. The van der Waals surface area contributed by atoms with E-state index in [2.05, 4.69) is 25.1 Å². The number of hydrogen-bond acceptors (Lipinski definition) is 8. The predicted octanol–water partition coefficient (Wildman–Crippen LogP) is 2.82. The van der Waals surface area contributed by atoms with Crippen LogP contribution in [0.4, 0.5) is 14.6 Å². The Bertz CT molecular complexity index is 1630. The Morgan fingerprint density at radius 1 is 1.17 bits per heavy atom. The molecule has 0 aliphatic carbocycles. The molecular weight excluding hydrogens is 456 g/mol. The molecule has 6 rings (SSSR count). The topological polar surface area (TPSA) is 121 Å². The highest BCUT2D eigenvalue weighted by molar-refractivity contribution is 5.97. The average Bonchev–Trinajstić information content (AvgIpc) is 3.49. The predicted molar refractivity (Wildman–Crippen MR) is 121 cm³/mol. The van der Waals surface area contributed by atoms with E-state index in [0.29, 0.717) is 41.6 Å². The molecule has 1 fully saturated rings. The molecule has 0 amide bonds. The van der Waals surface area contributed by atoms with Gasteiger partial charge in [-0.25, -0.2) is 28.4 Å². The number of aliphatic hydroxyl groups excluding tert-OH is 1. The van der Waals surface area contributed by atoms with E-state index in [1.165, 1.54) is 4.52 Å². The number of aromatic nitrogens is 7. The highest BCUT2D eigenvalue weighted by atomic mass is 19.3. The highest BCUT2D eigenvalue weighted by Crippen LogP contribution is 2.40. The number of nitrogens with zero attached hydrogens (tertiary/aromatic N) is 9. The molecule has 1 aliphatic heterocycles. The summed E-state index contributed by atoms with van der Waals surface area (Å²) in [7, 11) is 0. The second-order valence-electron chi connectivity index (χ2n) is 8.21. The van der Waals surface area contributed by atoms with Gasteiger partial charge in [0.2, 0.25) is 0 Å². The third-order valence-corrected chi connectivity index (χ3v) is 6.03. The fourth-order valence-electron chi connectivity index (χ4n) is 4.42. The van der Waals surface area contributed by atoms with Crippen molar-refractivity contribution in [2.45, 2.75) is 19.5 Å². The molecule has 0 radical (unpaired) electrons. The molecule has 1 N–H and O–H groups in total. The number of anilines is 1. The Labute approximate surface area is 196 Å². The van der Waals surface area contributed by atoms with E-state index < -0.39 is 18.2 Å². The van der Waals surface area contributed by atoms with Crippen molar-refractivity contribution in [3.63, 3.8) is 0 Å². The van der Waals surface area contributed by atoms with E-state index in [1.807, 2.05) is 23.1 Å². The summed E-state index contributed by atoms with van der Waals surface area (Å²) in [5, 5.41) is 28.6. The van der Waals surface area contributed by atoms with Gasteiger partial charge >= 0.3 is 0 Å². The largest absolute Gasteiger partial charge is 0.389 e. The van der Waals surface area contributed by atoms with Crippen LogP contribution in [0, 0.1) is 18.3 Å². The zero-order valence-electron chi connectivity index (χ0n) is 18.3. The molecule has 0 atom stereocenters. The number of fused-ring (bicyclic) bond motifs is 2. The van der Waals surface area contributed by atoms with Crippen LogP contribution in [0.1, 0.15) is 23.4 Å². The molecule has 1 aliphatic rings. The monoisotopic (exact) mass is 473 g/mol. The van der Waals surface area contributed by atoms with Gasteiger partial charge in [0.25, 0.3) is 6.43 Å². The van der Waals surface area contributed by atoms with Gasteiger partial charge in [-0.15, -0.1) is 0 Å². The first-order valence-corrected chi connectivity index (χ1v) is 10.8. The van der Waals surface area contributed by atoms with Crippen LogP contribution in [0.15, 0.2) is 42.9 Å². The molecule has 0 saturated carbocycles. The molecule has 6 heterocycles. The number of aliphatic hydroxyl groups is 1. The van der Waals surface area contributed by atoms with Gasteiger partial charge < -0.3 is 10.0 Å². The molecule has 0 aromatic carbocycles. The lowest BCUT2D eigenvalue weighted by Crippen LogP contribution is -2.51. The molecule has 5 aromatic heterocycles. The Morgan fingerprint density at radius 2 is 2.00 bits per heavy atom. The third-order valence-electron chi connectivity index (χ3n) is 6.03. The van der Waals surface area contributed by atoms with E-state index >= 15 is 0 Å². The average molecular weight is 473 g/mol. The second-order valence-corrected chi connectivity index (χ2v) is 8.21. The Hall–Kier alpha value is -4.50. The Morgan fingerprint density at radius 3 is 2.69 bits per heavy atom. The number of rotatable bonds is 4. The van der Waals surface area contributed by atoms with E-state index in [9.17, 15) is 19.1 Å². The summed E-state index contributed by atoms with van der Waals surface area (Å²) in [5.74, 6) is 1.07. The molecule has 5 aromatic rings. The van der Waals surface area contributed by atoms with Crippen molar-refractivity contribution in [2.75, 3.05) is 18.0 Å². The van der Waals surface area contributed by atoms with Crippen molar-refractivity contribution < 1.29 is 13.9 Å². The summed E-state index contributed by atoms with van der Waals surface area (Å²) >= 11 is 0. The highest BCUT2D eigenvalue weighted by Gasteiger charge is 2.33. The number of halogens is 2. The van der Waals surface area contributed by atoms with E-state index in [1.54, 1.807) is 42.3 Å². The maximum atomic E-state index is 13.7. The quantitative estimate of drug-likeness (QED) is 0.423. The van der Waals surface area contributed by atoms with Crippen LogP contribution in [0.2, 0.25) is 0 Å². The molecule has 0 bridgehead atoms. The van der Waals surface area contributed by atoms with Gasteiger partial charge in [0, 0.05) is 42.6 Å². The number of hydrogen-bond donors (Lipinski definition) is 1. The summed E-state index contributed by atoms with van der Waals surface area (Å²) in [6, 6.07) is 9.10. The molecule has 0 spiro atoms. The molecule has 1 saturated heterocycles. The summed E-state index contributed by atoms with van der Waals surface area (Å²) in [4.78, 5) is 15.4. The minimum absolute atomic E-state index is 0.0536. The summed E-state index contributed by atoms with van der Waals surface area (Å²) in [6.07, 6.45) is 1.56.